The van der Waals surface area contributed by atoms with Crippen LogP contribution in [0.4, 0.5) is 11.4 Å². The molecule has 0 unspecified atom stereocenters. The highest BCUT2D eigenvalue weighted by Crippen LogP contribution is 2.24. The lowest BCUT2D eigenvalue weighted by molar-refractivity contribution is 0.206. The van der Waals surface area contributed by atoms with Crippen LogP contribution in [0.25, 0.3) is 0 Å². The zero-order chi connectivity index (χ0) is 12.7. The summed E-state index contributed by atoms with van der Waals surface area (Å²) >= 11 is 0. The second kappa shape index (κ2) is 7.01. The second-order valence-corrected chi connectivity index (χ2v) is 4.02. The molecule has 0 aromatic heterocycles. The monoisotopic (exact) mass is 238 g/mol. The van der Waals surface area contributed by atoms with Gasteiger partial charge in [0.15, 0.2) is 0 Å². The van der Waals surface area contributed by atoms with E-state index in [0.29, 0.717) is 13.2 Å². The number of nitrogens with two attached hydrogens (primary N) is 1. The Kier molecular flexibility index (Phi) is 5.63. The van der Waals surface area contributed by atoms with Crippen molar-refractivity contribution in [3.63, 3.8) is 0 Å². The first-order valence-corrected chi connectivity index (χ1v) is 5.90. The molecule has 0 bridgehead atoms. The summed E-state index contributed by atoms with van der Waals surface area (Å²) in [5.74, 6) is 0.825. The van der Waals surface area contributed by atoms with E-state index in [4.69, 9.17) is 15.2 Å². The molecule has 1 aromatic rings. The maximum Gasteiger partial charge on any atom is 0.123 e. The molecule has 0 aliphatic heterocycles. The lowest BCUT2D eigenvalue weighted by Gasteiger charge is -2.20. The van der Waals surface area contributed by atoms with Crippen LogP contribution in [0.5, 0.6) is 5.75 Å². The predicted octanol–water partition coefficient (Wildman–Crippen LogP) is 2.14. The number of benzene rings is 1. The fourth-order valence-corrected chi connectivity index (χ4v) is 1.49. The van der Waals surface area contributed by atoms with Crippen molar-refractivity contribution in [3.8, 4) is 5.75 Å². The van der Waals surface area contributed by atoms with Crippen LogP contribution in [0.2, 0.25) is 0 Å². The van der Waals surface area contributed by atoms with Gasteiger partial charge in [-0.2, -0.15) is 0 Å². The van der Waals surface area contributed by atoms with Crippen molar-refractivity contribution in [3.05, 3.63) is 18.2 Å². The van der Waals surface area contributed by atoms with Gasteiger partial charge in [-0.05, 0) is 12.5 Å². The molecule has 4 heteroatoms. The average Bonchev–Trinajstić information content (AvgIpc) is 2.32. The minimum absolute atomic E-state index is 0.691. The zero-order valence-corrected chi connectivity index (χ0v) is 10.9. The van der Waals surface area contributed by atoms with Gasteiger partial charge in [-0.1, -0.05) is 6.92 Å². The Morgan fingerprint density at radius 2 is 2.00 bits per heavy atom. The number of anilines is 2. The average molecular weight is 238 g/mol. The van der Waals surface area contributed by atoms with Gasteiger partial charge in [0, 0.05) is 44.2 Å². The van der Waals surface area contributed by atoms with Gasteiger partial charge in [-0.3, -0.25) is 0 Å². The van der Waals surface area contributed by atoms with E-state index in [0.717, 1.165) is 30.1 Å². The molecule has 0 heterocycles. The largest absolute Gasteiger partial charge is 0.493 e. The van der Waals surface area contributed by atoms with Crippen LogP contribution >= 0.6 is 0 Å². The van der Waals surface area contributed by atoms with E-state index in [-0.39, 0.29) is 0 Å². The van der Waals surface area contributed by atoms with Crippen molar-refractivity contribution in [2.24, 2.45) is 0 Å². The molecule has 0 fully saturated rings. The van der Waals surface area contributed by atoms with E-state index >= 15 is 0 Å². The molecule has 1 aromatic carbocycles. The summed E-state index contributed by atoms with van der Waals surface area (Å²) in [7, 11) is 3.71. The Labute approximate surface area is 103 Å². The van der Waals surface area contributed by atoms with Crippen LogP contribution in [0.15, 0.2) is 18.2 Å². The maximum atomic E-state index is 5.86. The fourth-order valence-electron chi connectivity index (χ4n) is 1.49. The smallest absolute Gasteiger partial charge is 0.123 e. The third-order valence-corrected chi connectivity index (χ3v) is 2.46. The molecule has 96 valence electrons. The molecule has 0 aliphatic carbocycles. The summed E-state index contributed by atoms with van der Waals surface area (Å²) in [6, 6.07) is 5.79. The minimum Gasteiger partial charge on any atom is -0.493 e. The van der Waals surface area contributed by atoms with Gasteiger partial charge in [0.1, 0.15) is 5.75 Å². The Hall–Kier alpha value is -1.42. The standard InChI is InChI=1S/C13H22N2O2/c1-4-6-17-13-9-11(14)8-12(10-13)15(2)5-7-16-3/h8-10H,4-7,14H2,1-3H3. The van der Waals surface area contributed by atoms with E-state index in [1.807, 2.05) is 25.2 Å². The third-order valence-electron chi connectivity index (χ3n) is 2.46. The Bertz CT molecular complexity index is 342. The normalized spacial score (nSPS) is 10.3. The van der Waals surface area contributed by atoms with Crippen LogP contribution < -0.4 is 15.4 Å². The topological polar surface area (TPSA) is 47.7 Å². The van der Waals surface area contributed by atoms with E-state index in [1.54, 1.807) is 7.11 Å². The first kappa shape index (κ1) is 13.6. The Morgan fingerprint density at radius 3 is 2.65 bits per heavy atom. The van der Waals surface area contributed by atoms with Crippen molar-refractivity contribution >= 4 is 11.4 Å². The van der Waals surface area contributed by atoms with Gasteiger partial charge in [0.05, 0.1) is 13.2 Å². The Balaban J connectivity index is 2.73. The highest BCUT2D eigenvalue weighted by atomic mass is 16.5. The van der Waals surface area contributed by atoms with Gasteiger partial charge < -0.3 is 20.1 Å². The fraction of sp³-hybridized carbons (Fsp3) is 0.538. The van der Waals surface area contributed by atoms with Gasteiger partial charge in [0.25, 0.3) is 0 Å². The second-order valence-electron chi connectivity index (χ2n) is 4.02. The van der Waals surface area contributed by atoms with Gasteiger partial charge in [0.2, 0.25) is 0 Å². The van der Waals surface area contributed by atoms with Crippen LogP contribution in [-0.2, 0) is 4.74 Å². The van der Waals surface area contributed by atoms with Crippen LogP contribution in [0, 0.1) is 0 Å². The molecule has 17 heavy (non-hydrogen) atoms. The predicted molar refractivity (Wildman–Crippen MR) is 71.8 cm³/mol. The van der Waals surface area contributed by atoms with Crippen LogP contribution in [0.3, 0.4) is 0 Å². The molecule has 0 radical (unpaired) electrons. The van der Waals surface area contributed by atoms with E-state index in [1.165, 1.54) is 0 Å². The summed E-state index contributed by atoms with van der Waals surface area (Å²) < 4.78 is 10.6. The maximum absolute atomic E-state index is 5.86. The number of hydrogen-bond acceptors (Lipinski definition) is 4. The molecule has 0 spiro atoms. The molecule has 0 saturated carbocycles. The number of nitrogens with zero attached hydrogens (tertiary/aromatic N) is 1. The molecular weight excluding hydrogens is 216 g/mol. The molecule has 1 rings (SSSR count). The first-order chi connectivity index (χ1) is 8.17. The van der Waals surface area contributed by atoms with Crippen molar-refractivity contribution < 1.29 is 9.47 Å². The lowest BCUT2D eigenvalue weighted by atomic mass is 10.2. The molecule has 0 aliphatic rings. The van der Waals surface area contributed by atoms with Crippen molar-refractivity contribution in [2.75, 3.05) is 44.5 Å². The quantitative estimate of drug-likeness (QED) is 0.739. The van der Waals surface area contributed by atoms with E-state index in [2.05, 4.69) is 11.8 Å². The SMILES string of the molecule is CCCOc1cc(N)cc(N(C)CCOC)c1. The molecule has 4 nitrogen and oxygen atoms in total. The number of hydrogen-bond donors (Lipinski definition) is 1. The number of nitrogen functional groups attached to an aromatic ring is 1. The van der Waals surface area contributed by atoms with Gasteiger partial charge in [-0.25, -0.2) is 0 Å². The minimum atomic E-state index is 0.691. The van der Waals surface area contributed by atoms with Crippen molar-refractivity contribution in [1.29, 1.82) is 0 Å². The lowest BCUT2D eigenvalue weighted by Crippen LogP contribution is -2.22. The zero-order valence-electron chi connectivity index (χ0n) is 10.9. The number of methoxy groups -OCH3 is 1. The molecule has 0 amide bonds. The molecule has 0 atom stereocenters. The summed E-state index contributed by atoms with van der Waals surface area (Å²) in [5.41, 5.74) is 7.63. The van der Waals surface area contributed by atoms with Gasteiger partial charge in [-0.15, -0.1) is 0 Å². The highest BCUT2D eigenvalue weighted by molar-refractivity contribution is 5.60. The van der Waals surface area contributed by atoms with Crippen molar-refractivity contribution in [1.82, 2.24) is 0 Å². The summed E-state index contributed by atoms with van der Waals surface area (Å²) in [6.07, 6.45) is 0.990. The summed E-state index contributed by atoms with van der Waals surface area (Å²) in [4.78, 5) is 2.10. The van der Waals surface area contributed by atoms with Crippen LogP contribution in [0.1, 0.15) is 13.3 Å². The number of rotatable bonds is 7. The molecule has 2 N–H and O–H groups in total. The molecule has 0 saturated heterocycles. The van der Waals surface area contributed by atoms with E-state index in [9.17, 15) is 0 Å². The van der Waals surface area contributed by atoms with Crippen molar-refractivity contribution in [2.45, 2.75) is 13.3 Å². The number of ether oxygens (including phenoxy) is 2. The Morgan fingerprint density at radius 1 is 1.24 bits per heavy atom. The van der Waals surface area contributed by atoms with E-state index < -0.39 is 0 Å². The first-order valence-electron chi connectivity index (χ1n) is 5.90. The number of likely N-dealkylation sites (N-methyl/N-ethyl adjacent to an activating group) is 1. The molecular formula is C13H22N2O2. The highest BCUT2D eigenvalue weighted by Gasteiger charge is 2.04. The summed E-state index contributed by atoms with van der Waals surface area (Å²) in [6.45, 7) is 4.31. The van der Waals surface area contributed by atoms with Gasteiger partial charge >= 0.3 is 0 Å². The third kappa shape index (κ3) is 4.53. The van der Waals surface area contributed by atoms with Crippen LogP contribution in [-0.4, -0.2) is 33.9 Å². The summed E-state index contributed by atoms with van der Waals surface area (Å²) in [5, 5.41) is 0.